The molecule has 0 unspecified atom stereocenters. The summed E-state index contributed by atoms with van der Waals surface area (Å²) in [5.41, 5.74) is 3.43. The number of carbonyl (C=O) groups excluding carboxylic acids is 2. The average Bonchev–Trinajstić information content (AvgIpc) is 3.09. The average molecular weight is 298 g/mol. The van der Waals surface area contributed by atoms with Gasteiger partial charge in [-0.25, -0.2) is 9.59 Å². The third kappa shape index (κ3) is 1.93. The smallest absolute Gasteiger partial charge is 0.338 e. The summed E-state index contributed by atoms with van der Waals surface area (Å²) < 4.78 is 15.9. The molecular weight excluding hydrogens is 284 g/mol. The molecule has 0 aromatic heterocycles. The summed E-state index contributed by atoms with van der Waals surface area (Å²) >= 11 is 0. The number of hydrogen-bond donors (Lipinski definition) is 0. The van der Waals surface area contributed by atoms with Gasteiger partial charge in [0.1, 0.15) is 6.10 Å². The molecule has 0 bridgehead atoms. The van der Waals surface area contributed by atoms with Gasteiger partial charge in [-0.2, -0.15) is 0 Å². The number of cyclic esters (lactones) is 1. The molecule has 1 fully saturated rings. The second-order valence-corrected chi connectivity index (χ2v) is 5.70. The summed E-state index contributed by atoms with van der Waals surface area (Å²) in [6.07, 6.45) is 2.53. The van der Waals surface area contributed by atoms with E-state index >= 15 is 0 Å². The normalized spacial score (nSPS) is 30.7. The van der Waals surface area contributed by atoms with E-state index in [1.165, 1.54) is 17.9 Å². The first kappa shape index (κ1) is 13.1. The molecule has 1 saturated heterocycles. The minimum absolute atomic E-state index is 0.0358. The molecule has 2 aliphatic heterocycles. The third-order valence-corrected chi connectivity index (χ3v) is 4.30. The Morgan fingerprint density at radius 3 is 2.82 bits per heavy atom. The lowest BCUT2D eigenvalue weighted by atomic mass is 9.98. The van der Waals surface area contributed by atoms with Gasteiger partial charge in [0.2, 0.25) is 0 Å². The largest absolute Gasteiger partial charge is 0.458 e. The van der Waals surface area contributed by atoms with Gasteiger partial charge in [0, 0.05) is 17.6 Å². The zero-order valence-electron chi connectivity index (χ0n) is 11.9. The Labute approximate surface area is 127 Å². The van der Waals surface area contributed by atoms with Crippen molar-refractivity contribution in [2.45, 2.75) is 25.7 Å². The van der Waals surface area contributed by atoms with Gasteiger partial charge in [0.05, 0.1) is 11.8 Å². The van der Waals surface area contributed by atoms with Gasteiger partial charge in [-0.05, 0) is 24.5 Å². The Kier molecular flexibility index (Phi) is 2.82. The third-order valence-electron chi connectivity index (χ3n) is 4.30. The fourth-order valence-corrected chi connectivity index (χ4v) is 3.20. The summed E-state index contributed by atoms with van der Waals surface area (Å²) in [5.74, 6) is -0.831. The molecule has 5 heteroatoms. The van der Waals surface area contributed by atoms with Crippen LogP contribution in [0, 0.1) is 5.92 Å². The molecule has 5 nitrogen and oxygen atoms in total. The zero-order chi connectivity index (χ0) is 15.3. The lowest BCUT2D eigenvalue weighted by molar-refractivity contribution is -0.152. The number of ether oxygens (including phenoxy) is 3. The van der Waals surface area contributed by atoms with E-state index in [1.807, 2.05) is 24.3 Å². The van der Waals surface area contributed by atoms with Crippen LogP contribution in [0.1, 0.15) is 24.2 Å². The maximum absolute atomic E-state index is 12.1. The molecule has 3 aliphatic rings. The quantitative estimate of drug-likeness (QED) is 0.476. The first-order valence-electron chi connectivity index (χ1n) is 7.16. The fraction of sp³-hybridized carbons (Fsp3) is 0.294. The topological polar surface area (TPSA) is 61.8 Å². The highest BCUT2D eigenvalue weighted by Gasteiger charge is 2.46. The highest BCUT2D eigenvalue weighted by atomic mass is 16.7. The van der Waals surface area contributed by atoms with E-state index < -0.39 is 12.3 Å². The van der Waals surface area contributed by atoms with E-state index in [0.717, 1.165) is 12.0 Å². The summed E-state index contributed by atoms with van der Waals surface area (Å²) in [4.78, 5) is 23.2. The maximum atomic E-state index is 12.1. The second kappa shape index (κ2) is 4.73. The lowest BCUT2D eigenvalue weighted by Gasteiger charge is -2.12. The SMILES string of the molecule is CC1=CC(=O)O[C@H]1OC=C1C(=O)O[C@@H]2c3ccccc3C[C@H]12. The molecule has 0 N–H and O–H groups in total. The first-order chi connectivity index (χ1) is 10.6. The van der Waals surface area contributed by atoms with Crippen molar-refractivity contribution < 1.29 is 23.8 Å². The molecule has 1 aromatic carbocycles. The highest BCUT2D eigenvalue weighted by Crippen LogP contribution is 2.47. The van der Waals surface area contributed by atoms with Crippen LogP contribution in [0.5, 0.6) is 0 Å². The van der Waals surface area contributed by atoms with Gasteiger partial charge in [-0.15, -0.1) is 0 Å². The Balaban J connectivity index is 1.56. The standard InChI is InChI=1S/C17H14O5/c1-9-6-14(18)21-17(9)20-8-13-12-7-10-4-2-3-5-11(10)15(12)22-16(13)19/h2-6,8,12,15,17H,7H2,1H3/t12-,15-,17-/m1/s1. The van der Waals surface area contributed by atoms with Crippen LogP contribution in [0.2, 0.25) is 0 Å². The Hall–Kier alpha value is -2.56. The molecule has 1 aliphatic carbocycles. The fourth-order valence-electron chi connectivity index (χ4n) is 3.20. The van der Waals surface area contributed by atoms with Gasteiger partial charge in [-0.1, -0.05) is 24.3 Å². The second-order valence-electron chi connectivity index (χ2n) is 5.70. The molecule has 2 heterocycles. The Morgan fingerprint density at radius 1 is 1.23 bits per heavy atom. The zero-order valence-corrected chi connectivity index (χ0v) is 11.9. The summed E-state index contributed by atoms with van der Waals surface area (Å²) in [5, 5.41) is 0. The van der Waals surface area contributed by atoms with Gasteiger partial charge >= 0.3 is 11.9 Å². The van der Waals surface area contributed by atoms with Crippen LogP contribution in [0.15, 0.2) is 47.7 Å². The Morgan fingerprint density at radius 2 is 2.05 bits per heavy atom. The number of hydrogen-bond acceptors (Lipinski definition) is 5. The van der Waals surface area contributed by atoms with Crippen molar-refractivity contribution in [3.63, 3.8) is 0 Å². The minimum atomic E-state index is -0.754. The molecular formula is C17H14O5. The van der Waals surface area contributed by atoms with Crippen molar-refractivity contribution in [1.29, 1.82) is 0 Å². The van der Waals surface area contributed by atoms with Crippen molar-refractivity contribution in [2.24, 2.45) is 5.92 Å². The molecule has 3 atom stereocenters. The van der Waals surface area contributed by atoms with Crippen molar-refractivity contribution in [3.8, 4) is 0 Å². The van der Waals surface area contributed by atoms with E-state index in [2.05, 4.69) is 0 Å². The van der Waals surface area contributed by atoms with E-state index in [-0.39, 0.29) is 18.0 Å². The van der Waals surface area contributed by atoms with Crippen molar-refractivity contribution in [3.05, 3.63) is 58.9 Å². The number of benzene rings is 1. The van der Waals surface area contributed by atoms with Gasteiger partial charge in [0.25, 0.3) is 6.29 Å². The predicted octanol–water partition coefficient (Wildman–Crippen LogP) is 2.19. The molecule has 1 aromatic rings. The lowest BCUT2D eigenvalue weighted by Crippen LogP contribution is -2.14. The van der Waals surface area contributed by atoms with E-state index in [4.69, 9.17) is 14.2 Å². The predicted molar refractivity (Wildman–Crippen MR) is 75.3 cm³/mol. The summed E-state index contributed by atoms with van der Waals surface area (Å²) in [7, 11) is 0. The summed E-state index contributed by atoms with van der Waals surface area (Å²) in [6, 6.07) is 7.96. The Bertz CT molecular complexity index is 730. The van der Waals surface area contributed by atoms with Crippen LogP contribution in [0.3, 0.4) is 0 Å². The monoisotopic (exact) mass is 298 g/mol. The highest BCUT2D eigenvalue weighted by molar-refractivity contribution is 5.92. The van der Waals surface area contributed by atoms with Crippen LogP contribution in [-0.4, -0.2) is 18.2 Å². The maximum Gasteiger partial charge on any atom is 0.338 e. The molecule has 22 heavy (non-hydrogen) atoms. The van der Waals surface area contributed by atoms with Gasteiger partial charge in [-0.3, -0.25) is 0 Å². The van der Waals surface area contributed by atoms with E-state index in [1.54, 1.807) is 6.92 Å². The molecule has 112 valence electrons. The van der Waals surface area contributed by atoms with Crippen LogP contribution in [0.25, 0.3) is 0 Å². The molecule has 0 radical (unpaired) electrons. The number of fused-ring (bicyclic) bond motifs is 3. The van der Waals surface area contributed by atoms with Crippen molar-refractivity contribution >= 4 is 11.9 Å². The number of carbonyl (C=O) groups is 2. The van der Waals surface area contributed by atoms with E-state index in [9.17, 15) is 9.59 Å². The first-order valence-corrected chi connectivity index (χ1v) is 7.16. The molecule has 0 amide bonds. The van der Waals surface area contributed by atoms with Crippen LogP contribution in [-0.2, 0) is 30.2 Å². The van der Waals surface area contributed by atoms with Crippen molar-refractivity contribution in [2.75, 3.05) is 0 Å². The van der Waals surface area contributed by atoms with Crippen molar-refractivity contribution in [1.82, 2.24) is 0 Å². The van der Waals surface area contributed by atoms with Crippen LogP contribution in [0.4, 0.5) is 0 Å². The molecule has 0 spiro atoms. The van der Waals surface area contributed by atoms with Gasteiger partial charge < -0.3 is 14.2 Å². The van der Waals surface area contributed by atoms with Crippen LogP contribution >= 0.6 is 0 Å². The van der Waals surface area contributed by atoms with Gasteiger partial charge in [0.15, 0.2) is 0 Å². The number of rotatable bonds is 2. The minimum Gasteiger partial charge on any atom is -0.458 e. The molecule has 0 saturated carbocycles. The summed E-state index contributed by atoms with van der Waals surface area (Å²) in [6.45, 7) is 1.75. The van der Waals surface area contributed by atoms with Crippen LogP contribution < -0.4 is 0 Å². The van der Waals surface area contributed by atoms with E-state index in [0.29, 0.717) is 11.1 Å². The number of esters is 2. The molecule has 4 rings (SSSR count).